The van der Waals surface area contributed by atoms with E-state index < -0.39 is 5.60 Å². The maximum atomic E-state index is 10.1. The van der Waals surface area contributed by atoms with Crippen molar-refractivity contribution in [1.82, 2.24) is 0 Å². The van der Waals surface area contributed by atoms with E-state index >= 15 is 0 Å². The van der Waals surface area contributed by atoms with Crippen LogP contribution < -0.4 is 0 Å². The lowest BCUT2D eigenvalue weighted by Crippen LogP contribution is -2.22. The molecule has 1 heteroatoms. The summed E-state index contributed by atoms with van der Waals surface area (Å²) in [7, 11) is 0. The Morgan fingerprint density at radius 2 is 1.22 bits per heavy atom. The molecule has 2 rings (SSSR count). The molecule has 0 radical (unpaired) electrons. The monoisotopic (exact) mass is 240 g/mol. The Hall–Kier alpha value is -1.60. The largest absolute Gasteiger partial charge is 0.390 e. The first-order chi connectivity index (χ1) is 8.56. The third-order valence-corrected chi connectivity index (χ3v) is 3.11. The number of benzene rings is 2. The van der Waals surface area contributed by atoms with Crippen molar-refractivity contribution in [3.05, 3.63) is 71.8 Å². The van der Waals surface area contributed by atoms with E-state index in [1.165, 1.54) is 11.1 Å². The second-order valence-corrected chi connectivity index (χ2v) is 5.39. The topological polar surface area (TPSA) is 20.2 Å². The smallest absolute Gasteiger partial charge is 0.0600 e. The molecule has 0 atom stereocenters. The molecule has 94 valence electrons. The van der Waals surface area contributed by atoms with Gasteiger partial charge in [0.1, 0.15) is 0 Å². The first-order valence-electron chi connectivity index (χ1n) is 6.38. The van der Waals surface area contributed by atoms with Gasteiger partial charge in [0.15, 0.2) is 0 Å². The zero-order valence-electron chi connectivity index (χ0n) is 11.0. The third-order valence-electron chi connectivity index (χ3n) is 3.11. The van der Waals surface area contributed by atoms with Crippen LogP contribution >= 0.6 is 0 Å². The summed E-state index contributed by atoms with van der Waals surface area (Å²) in [5, 5.41) is 10.1. The summed E-state index contributed by atoms with van der Waals surface area (Å²) in [6, 6.07) is 20.8. The van der Waals surface area contributed by atoms with Crippen molar-refractivity contribution in [3.63, 3.8) is 0 Å². The highest BCUT2D eigenvalue weighted by Gasteiger charge is 2.22. The van der Waals surface area contributed by atoms with Gasteiger partial charge in [-0.1, -0.05) is 60.7 Å². The maximum absolute atomic E-state index is 10.1. The van der Waals surface area contributed by atoms with Crippen molar-refractivity contribution in [3.8, 4) is 0 Å². The van der Waals surface area contributed by atoms with Gasteiger partial charge >= 0.3 is 0 Å². The highest BCUT2D eigenvalue weighted by Crippen LogP contribution is 2.32. The zero-order valence-corrected chi connectivity index (χ0v) is 11.0. The molecule has 0 fully saturated rings. The lowest BCUT2D eigenvalue weighted by Gasteiger charge is -2.26. The summed E-state index contributed by atoms with van der Waals surface area (Å²) in [6.07, 6.45) is 0.723. The normalized spacial score (nSPS) is 11.8. The van der Waals surface area contributed by atoms with Crippen LogP contribution in [0.1, 0.15) is 37.3 Å². The van der Waals surface area contributed by atoms with Crippen LogP contribution in [0.4, 0.5) is 0 Å². The summed E-state index contributed by atoms with van der Waals surface area (Å²) in [4.78, 5) is 0. The molecule has 0 bridgehead atoms. The van der Waals surface area contributed by atoms with Crippen molar-refractivity contribution < 1.29 is 5.11 Å². The molecule has 2 aromatic rings. The number of hydrogen-bond acceptors (Lipinski definition) is 1. The van der Waals surface area contributed by atoms with Crippen molar-refractivity contribution in [2.75, 3.05) is 0 Å². The van der Waals surface area contributed by atoms with Crippen LogP contribution in [-0.2, 0) is 0 Å². The maximum Gasteiger partial charge on any atom is 0.0600 e. The molecule has 0 aliphatic heterocycles. The molecule has 0 heterocycles. The van der Waals surface area contributed by atoms with E-state index in [1.807, 2.05) is 26.0 Å². The molecule has 0 spiro atoms. The first-order valence-corrected chi connectivity index (χ1v) is 6.38. The molecular weight excluding hydrogens is 220 g/mol. The number of hydrogen-bond donors (Lipinski definition) is 1. The minimum Gasteiger partial charge on any atom is -0.390 e. The van der Waals surface area contributed by atoms with Crippen LogP contribution in [0, 0.1) is 0 Å². The van der Waals surface area contributed by atoms with E-state index in [0.29, 0.717) is 0 Å². The fraction of sp³-hybridized carbons (Fsp3) is 0.294. The molecule has 0 amide bonds. The van der Waals surface area contributed by atoms with E-state index in [9.17, 15) is 5.11 Å². The van der Waals surface area contributed by atoms with Crippen LogP contribution in [0.5, 0.6) is 0 Å². The van der Waals surface area contributed by atoms with Crippen LogP contribution in [-0.4, -0.2) is 10.7 Å². The van der Waals surface area contributed by atoms with Gasteiger partial charge in [0, 0.05) is 5.92 Å². The average Bonchev–Trinajstić information content (AvgIpc) is 2.37. The van der Waals surface area contributed by atoms with Gasteiger partial charge < -0.3 is 5.11 Å². The summed E-state index contributed by atoms with van der Waals surface area (Å²) in [5.41, 5.74) is 1.84. The Balaban J connectivity index is 2.36. The molecule has 2 aromatic carbocycles. The van der Waals surface area contributed by atoms with E-state index in [-0.39, 0.29) is 5.92 Å². The quantitative estimate of drug-likeness (QED) is 0.857. The van der Waals surface area contributed by atoms with Crippen molar-refractivity contribution in [1.29, 1.82) is 0 Å². The molecule has 18 heavy (non-hydrogen) atoms. The minimum atomic E-state index is -0.670. The lowest BCUT2D eigenvalue weighted by molar-refractivity contribution is 0.0666. The molecule has 1 nitrogen and oxygen atoms in total. The SMILES string of the molecule is CC(C)(O)CC(c1ccccc1)c1ccccc1. The zero-order chi connectivity index (χ0) is 13.0. The fourth-order valence-corrected chi connectivity index (χ4v) is 2.30. The van der Waals surface area contributed by atoms with Gasteiger partial charge in [0.2, 0.25) is 0 Å². The van der Waals surface area contributed by atoms with E-state index in [4.69, 9.17) is 0 Å². The Kier molecular flexibility index (Phi) is 3.83. The summed E-state index contributed by atoms with van der Waals surface area (Å²) in [6.45, 7) is 3.73. The van der Waals surface area contributed by atoms with Gasteiger partial charge in [0.05, 0.1) is 5.60 Å². The Morgan fingerprint density at radius 1 is 0.833 bits per heavy atom. The molecule has 1 N–H and O–H groups in total. The van der Waals surface area contributed by atoms with Gasteiger partial charge in [-0.15, -0.1) is 0 Å². The molecular formula is C17H20O. The van der Waals surface area contributed by atoms with Gasteiger partial charge in [-0.2, -0.15) is 0 Å². The molecule has 0 saturated carbocycles. The minimum absolute atomic E-state index is 0.243. The summed E-state index contributed by atoms with van der Waals surface area (Å²) < 4.78 is 0. The second-order valence-electron chi connectivity index (χ2n) is 5.39. The van der Waals surface area contributed by atoms with Crippen molar-refractivity contribution in [2.24, 2.45) is 0 Å². The van der Waals surface area contributed by atoms with Crippen LogP contribution in [0.3, 0.4) is 0 Å². The Bertz CT molecular complexity index is 428. The Labute approximate surface area is 109 Å². The highest BCUT2D eigenvalue weighted by molar-refractivity contribution is 5.32. The average molecular weight is 240 g/mol. The van der Waals surface area contributed by atoms with Crippen LogP contribution in [0.25, 0.3) is 0 Å². The van der Waals surface area contributed by atoms with E-state index in [1.54, 1.807) is 0 Å². The third kappa shape index (κ3) is 3.44. The molecule has 0 aliphatic rings. The molecule has 0 aliphatic carbocycles. The van der Waals surface area contributed by atoms with Gasteiger partial charge in [-0.3, -0.25) is 0 Å². The lowest BCUT2D eigenvalue weighted by atomic mass is 9.83. The van der Waals surface area contributed by atoms with Gasteiger partial charge in [-0.05, 0) is 31.4 Å². The predicted molar refractivity (Wildman–Crippen MR) is 75.6 cm³/mol. The van der Waals surface area contributed by atoms with Gasteiger partial charge in [0.25, 0.3) is 0 Å². The van der Waals surface area contributed by atoms with Crippen molar-refractivity contribution in [2.45, 2.75) is 31.8 Å². The summed E-state index contributed by atoms with van der Waals surface area (Å²) >= 11 is 0. The fourth-order valence-electron chi connectivity index (χ4n) is 2.30. The van der Waals surface area contributed by atoms with Crippen molar-refractivity contribution >= 4 is 0 Å². The van der Waals surface area contributed by atoms with Gasteiger partial charge in [-0.25, -0.2) is 0 Å². The Morgan fingerprint density at radius 3 is 1.56 bits per heavy atom. The number of rotatable bonds is 4. The standard InChI is InChI=1S/C17H20O/c1-17(2,18)13-16(14-9-5-3-6-10-14)15-11-7-4-8-12-15/h3-12,16,18H,13H2,1-2H3. The predicted octanol–water partition coefficient (Wildman–Crippen LogP) is 3.98. The first kappa shape index (κ1) is 12.8. The molecule has 0 saturated heterocycles. The molecule has 0 unspecified atom stereocenters. The second kappa shape index (κ2) is 5.36. The van der Waals surface area contributed by atoms with E-state index in [2.05, 4.69) is 48.5 Å². The highest BCUT2D eigenvalue weighted by atomic mass is 16.3. The molecule has 0 aromatic heterocycles. The summed E-state index contributed by atoms with van der Waals surface area (Å²) in [5.74, 6) is 0.243. The van der Waals surface area contributed by atoms with E-state index in [0.717, 1.165) is 6.42 Å². The van der Waals surface area contributed by atoms with Crippen LogP contribution in [0.15, 0.2) is 60.7 Å². The van der Waals surface area contributed by atoms with Crippen LogP contribution in [0.2, 0.25) is 0 Å². The number of aliphatic hydroxyl groups is 1.